The number of rotatable bonds is 2. The molecule has 0 aromatic heterocycles. The van der Waals surface area contributed by atoms with Crippen molar-refractivity contribution in [3.63, 3.8) is 0 Å². The van der Waals surface area contributed by atoms with Crippen LogP contribution in [0.2, 0.25) is 0 Å². The maximum atomic E-state index is 9.55. The number of phenols is 1. The average Bonchev–Trinajstić information content (AvgIpc) is 2.29. The molecule has 0 amide bonds. The first kappa shape index (κ1) is 11.3. The zero-order chi connectivity index (χ0) is 12.4. The lowest BCUT2D eigenvalue weighted by molar-refractivity contribution is 0.458. The van der Waals surface area contributed by atoms with Crippen molar-refractivity contribution >= 4 is 5.69 Å². The van der Waals surface area contributed by atoms with E-state index in [-0.39, 0.29) is 5.75 Å². The monoisotopic (exact) mass is 229 g/mol. The molecule has 3 nitrogen and oxygen atoms in total. The van der Waals surface area contributed by atoms with E-state index in [9.17, 15) is 5.11 Å². The fourth-order valence-electron chi connectivity index (χ4n) is 1.55. The molecule has 0 bridgehead atoms. The molecule has 2 aromatic rings. The van der Waals surface area contributed by atoms with Crippen molar-refractivity contribution in [2.75, 3.05) is 5.73 Å². The van der Waals surface area contributed by atoms with Gasteiger partial charge in [-0.15, -0.1) is 0 Å². The van der Waals surface area contributed by atoms with E-state index >= 15 is 0 Å². The highest BCUT2D eigenvalue weighted by Crippen LogP contribution is 2.30. The van der Waals surface area contributed by atoms with Crippen molar-refractivity contribution in [2.45, 2.75) is 13.8 Å². The fraction of sp³-hybridized carbons (Fsp3) is 0.143. The Kier molecular flexibility index (Phi) is 2.91. The van der Waals surface area contributed by atoms with Crippen LogP contribution in [0, 0.1) is 13.8 Å². The molecule has 0 aliphatic rings. The molecular formula is C14H15NO2. The van der Waals surface area contributed by atoms with Gasteiger partial charge in [-0.05, 0) is 61.4 Å². The van der Waals surface area contributed by atoms with E-state index in [1.165, 1.54) is 0 Å². The Hall–Kier alpha value is -2.16. The minimum atomic E-state index is 0.284. The van der Waals surface area contributed by atoms with Gasteiger partial charge in [0.1, 0.15) is 17.2 Å². The molecule has 0 saturated heterocycles. The van der Waals surface area contributed by atoms with E-state index in [4.69, 9.17) is 10.5 Å². The van der Waals surface area contributed by atoms with Gasteiger partial charge in [-0.2, -0.15) is 0 Å². The fourth-order valence-corrected chi connectivity index (χ4v) is 1.55. The first-order chi connectivity index (χ1) is 8.06. The van der Waals surface area contributed by atoms with Crippen LogP contribution in [-0.2, 0) is 0 Å². The molecule has 0 radical (unpaired) electrons. The zero-order valence-electron chi connectivity index (χ0n) is 9.90. The van der Waals surface area contributed by atoms with E-state index in [1.54, 1.807) is 18.2 Å². The summed E-state index contributed by atoms with van der Waals surface area (Å²) in [4.78, 5) is 0. The molecule has 88 valence electrons. The number of anilines is 1. The molecule has 0 aliphatic heterocycles. The summed E-state index contributed by atoms with van der Waals surface area (Å²) in [6.45, 7) is 3.73. The van der Waals surface area contributed by atoms with Crippen LogP contribution in [0.15, 0.2) is 36.4 Å². The van der Waals surface area contributed by atoms with Crippen LogP contribution >= 0.6 is 0 Å². The van der Waals surface area contributed by atoms with E-state index in [2.05, 4.69) is 0 Å². The molecule has 0 unspecified atom stereocenters. The van der Waals surface area contributed by atoms with Crippen LogP contribution in [0.4, 0.5) is 5.69 Å². The normalized spacial score (nSPS) is 10.2. The number of ether oxygens (including phenoxy) is 1. The smallest absolute Gasteiger partial charge is 0.130 e. The van der Waals surface area contributed by atoms with Crippen molar-refractivity contribution in [3.8, 4) is 17.2 Å². The maximum absolute atomic E-state index is 9.55. The Morgan fingerprint density at radius 2 is 1.65 bits per heavy atom. The molecule has 2 aromatic carbocycles. The molecule has 0 aliphatic carbocycles. The lowest BCUT2D eigenvalue weighted by atomic mass is 10.1. The second-order valence-electron chi connectivity index (χ2n) is 4.08. The van der Waals surface area contributed by atoms with E-state index in [1.807, 2.05) is 32.0 Å². The summed E-state index contributed by atoms with van der Waals surface area (Å²) >= 11 is 0. The Balaban J connectivity index is 2.30. The summed E-state index contributed by atoms with van der Waals surface area (Å²) < 4.78 is 5.73. The van der Waals surface area contributed by atoms with Gasteiger partial charge in [0.2, 0.25) is 0 Å². The van der Waals surface area contributed by atoms with Gasteiger partial charge in [0.25, 0.3) is 0 Å². The topological polar surface area (TPSA) is 55.5 Å². The minimum absolute atomic E-state index is 0.284. The van der Waals surface area contributed by atoms with Gasteiger partial charge in [-0.1, -0.05) is 0 Å². The number of hydrogen-bond acceptors (Lipinski definition) is 3. The van der Waals surface area contributed by atoms with Gasteiger partial charge in [-0.3, -0.25) is 0 Å². The highest BCUT2D eigenvalue weighted by Gasteiger charge is 2.05. The van der Waals surface area contributed by atoms with Crippen LogP contribution in [0.3, 0.4) is 0 Å². The van der Waals surface area contributed by atoms with Crippen molar-refractivity contribution in [2.24, 2.45) is 0 Å². The highest BCUT2D eigenvalue weighted by molar-refractivity contribution is 5.48. The third kappa shape index (κ3) is 2.50. The van der Waals surface area contributed by atoms with Gasteiger partial charge < -0.3 is 15.6 Å². The number of phenolic OH excluding ortho intramolecular Hbond substituents is 1. The average molecular weight is 229 g/mol. The molecule has 3 heteroatoms. The molecule has 0 fully saturated rings. The van der Waals surface area contributed by atoms with Gasteiger partial charge in [-0.25, -0.2) is 0 Å². The quantitative estimate of drug-likeness (QED) is 0.776. The van der Waals surface area contributed by atoms with E-state index < -0.39 is 0 Å². The second kappa shape index (κ2) is 4.37. The molecule has 2 rings (SSSR count). The Morgan fingerprint density at radius 3 is 2.29 bits per heavy atom. The summed E-state index contributed by atoms with van der Waals surface area (Å²) in [6.07, 6.45) is 0. The van der Waals surface area contributed by atoms with Crippen molar-refractivity contribution in [3.05, 3.63) is 47.5 Å². The lowest BCUT2D eigenvalue weighted by Gasteiger charge is -2.10. The number of benzene rings is 2. The maximum Gasteiger partial charge on any atom is 0.130 e. The Labute approximate surface area is 100 Å². The first-order valence-corrected chi connectivity index (χ1v) is 5.40. The van der Waals surface area contributed by atoms with Crippen LogP contribution in [0.1, 0.15) is 11.1 Å². The number of nitrogen functional groups attached to an aromatic ring is 1. The Morgan fingerprint density at radius 1 is 1.00 bits per heavy atom. The van der Waals surface area contributed by atoms with Crippen LogP contribution in [0.25, 0.3) is 0 Å². The molecule has 17 heavy (non-hydrogen) atoms. The van der Waals surface area contributed by atoms with Gasteiger partial charge >= 0.3 is 0 Å². The third-order valence-corrected chi connectivity index (χ3v) is 2.60. The predicted octanol–water partition coefficient (Wildman–Crippen LogP) is 3.38. The summed E-state index contributed by atoms with van der Waals surface area (Å²) in [5.74, 6) is 1.75. The van der Waals surface area contributed by atoms with Crippen molar-refractivity contribution in [1.29, 1.82) is 0 Å². The van der Waals surface area contributed by atoms with Crippen molar-refractivity contribution < 1.29 is 9.84 Å². The first-order valence-electron chi connectivity index (χ1n) is 5.40. The van der Waals surface area contributed by atoms with E-state index in [0.717, 1.165) is 22.6 Å². The summed E-state index contributed by atoms with van der Waals surface area (Å²) in [5, 5.41) is 9.55. The summed E-state index contributed by atoms with van der Waals surface area (Å²) in [7, 11) is 0. The third-order valence-electron chi connectivity index (χ3n) is 2.60. The van der Waals surface area contributed by atoms with Crippen LogP contribution in [0.5, 0.6) is 17.2 Å². The van der Waals surface area contributed by atoms with Gasteiger partial charge in [0.05, 0.1) is 0 Å². The molecule has 0 spiro atoms. The Bertz CT molecular complexity index is 533. The van der Waals surface area contributed by atoms with Gasteiger partial charge in [0, 0.05) is 5.69 Å². The molecular weight excluding hydrogens is 214 g/mol. The molecule has 0 atom stereocenters. The van der Waals surface area contributed by atoms with E-state index in [0.29, 0.717) is 5.69 Å². The van der Waals surface area contributed by atoms with Crippen LogP contribution < -0.4 is 10.5 Å². The number of nitrogens with two attached hydrogens (primary N) is 1. The SMILES string of the molecule is Cc1cc(Oc2ccc(N)cc2)c(C)cc1O. The molecule has 0 heterocycles. The zero-order valence-corrected chi connectivity index (χ0v) is 9.90. The number of aromatic hydroxyl groups is 1. The second-order valence-corrected chi connectivity index (χ2v) is 4.08. The predicted molar refractivity (Wildman–Crippen MR) is 68.5 cm³/mol. The summed E-state index contributed by atoms with van der Waals surface area (Å²) in [5.41, 5.74) is 8.00. The highest BCUT2D eigenvalue weighted by atomic mass is 16.5. The standard InChI is InChI=1S/C14H15NO2/c1-9-8-14(10(2)7-13(9)16)17-12-5-3-11(15)4-6-12/h3-8,16H,15H2,1-2H3. The lowest BCUT2D eigenvalue weighted by Crippen LogP contribution is -1.90. The largest absolute Gasteiger partial charge is 0.508 e. The molecule has 0 saturated carbocycles. The number of hydrogen-bond donors (Lipinski definition) is 2. The molecule has 3 N–H and O–H groups in total. The van der Waals surface area contributed by atoms with Crippen LogP contribution in [-0.4, -0.2) is 5.11 Å². The van der Waals surface area contributed by atoms with Gasteiger partial charge in [0.15, 0.2) is 0 Å². The summed E-state index contributed by atoms with van der Waals surface area (Å²) in [6, 6.07) is 10.7. The minimum Gasteiger partial charge on any atom is -0.508 e. The van der Waals surface area contributed by atoms with Crippen molar-refractivity contribution in [1.82, 2.24) is 0 Å². The number of aryl methyl sites for hydroxylation is 2.